The molecule has 0 bridgehead atoms. The number of halogens is 2. The highest BCUT2D eigenvalue weighted by Gasteiger charge is 2.17. The lowest BCUT2D eigenvalue weighted by atomic mass is 10.2. The molecule has 0 fully saturated rings. The summed E-state index contributed by atoms with van der Waals surface area (Å²) in [5, 5.41) is 6.78. The topological polar surface area (TPSA) is 115 Å². The second-order valence-electron chi connectivity index (χ2n) is 7.04. The van der Waals surface area contributed by atoms with E-state index in [1.807, 2.05) is 0 Å². The van der Waals surface area contributed by atoms with Crippen molar-refractivity contribution in [2.24, 2.45) is 5.10 Å². The van der Waals surface area contributed by atoms with E-state index in [2.05, 4.69) is 15.8 Å². The van der Waals surface area contributed by atoms with Crippen molar-refractivity contribution in [3.8, 4) is 17.2 Å². The standard InChI is InChI=1S/C25H21Cl2N3O6/c1-3-35-22-11-15(7-10-21(22)36-25(33)19-9-8-16(26)12-20(19)27)14-28-30-24(32)23(31)29-17-5-4-6-18(13-17)34-2/h4-14H,3H2,1-2H3,(H,29,31)(H,30,32)/b28-14-. The molecule has 3 rings (SSSR count). The van der Waals surface area contributed by atoms with E-state index in [1.165, 1.54) is 37.6 Å². The fourth-order valence-corrected chi connectivity index (χ4v) is 3.36. The number of amides is 2. The average Bonchev–Trinajstić information content (AvgIpc) is 2.85. The molecule has 0 aliphatic carbocycles. The first-order valence-electron chi connectivity index (χ1n) is 10.5. The predicted octanol–water partition coefficient (Wildman–Crippen LogP) is 4.71. The molecule has 0 heterocycles. The molecule has 0 saturated carbocycles. The van der Waals surface area contributed by atoms with Crippen molar-refractivity contribution in [3.63, 3.8) is 0 Å². The van der Waals surface area contributed by atoms with Crippen LogP contribution in [0, 0.1) is 0 Å². The molecule has 0 aliphatic rings. The minimum absolute atomic E-state index is 0.143. The highest BCUT2D eigenvalue weighted by Crippen LogP contribution is 2.30. The van der Waals surface area contributed by atoms with Gasteiger partial charge in [-0.3, -0.25) is 9.59 Å². The number of hydrogen-bond acceptors (Lipinski definition) is 7. The Morgan fingerprint density at radius 1 is 0.972 bits per heavy atom. The van der Waals surface area contributed by atoms with E-state index in [9.17, 15) is 14.4 Å². The first-order valence-corrected chi connectivity index (χ1v) is 11.3. The number of carbonyl (C=O) groups excluding carboxylic acids is 3. The number of carbonyl (C=O) groups is 3. The molecule has 0 aromatic heterocycles. The lowest BCUT2D eigenvalue weighted by Crippen LogP contribution is -2.32. The minimum Gasteiger partial charge on any atom is -0.497 e. The van der Waals surface area contributed by atoms with Crippen LogP contribution in [0.4, 0.5) is 5.69 Å². The summed E-state index contributed by atoms with van der Waals surface area (Å²) >= 11 is 11.9. The monoisotopic (exact) mass is 529 g/mol. The summed E-state index contributed by atoms with van der Waals surface area (Å²) in [7, 11) is 1.49. The quantitative estimate of drug-likeness (QED) is 0.143. The third-order valence-electron chi connectivity index (χ3n) is 4.53. The van der Waals surface area contributed by atoms with Crippen LogP contribution < -0.4 is 25.0 Å². The van der Waals surface area contributed by atoms with Crippen molar-refractivity contribution in [3.05, 3.63) is 81.8 Å². The van der Waals surface area contributed by atoms with Crippen LogP contribution in [0.3, 0.4) is 0 Å². The van der Waals surface area contributed by atoms with Gasteiger partial charge in [0.2, 0.25) is 0 Å². The number of nitrogens with zero attached hydrogens (tertiary/aromatic N) is 1. The van der Waals surface area contributed by atoms with Gasteiger partial charge < -0.3 is 19.5 Å². The summed E-state index contributed by atoms with van der Waals surface area (Å²) in [6.07, 6.45) is 1.31. The second kappa shape index (κ2) is 12.6. The summed E-state index contributed by atoms with van der Waals surface area (Å²) in [4.78, 5) is 36.7. The van der Waals surface area contributed by atoms with E-state index in [0.29, 0.717) is 28.6 Å². The molecule has 0 spiro atoms. The number of rotatable bonds is 8. The molecule has 0 saturated heterocycles. The lowest BCUT2D eigenvalue weighted by molar-refractivity contribution is -0.136. The highest BCUT2D eigenvalue weighted by molar-refractivity contribution is 6.39. The first kappa shape index (κ1) is 26.5. The molecule has 11 heteroatoms. The van der Waals surface area contributed by atoms with Crippen molar-refractivity contribution >= 4 is 52.9 Å². The Hall–Kier alpha value is -4.08. The molecule has 0 radical (unpaired) electrons. The van der Waals surface area contributed by atoms with Gasteiger partial charge in [-0.25, -0.2) is 10.2 Å². The highest BCUT2D eigenvalue weighted by atomic mass is 35.5. The van der Waals surface area contributed by atoms with Gasteiger partial charge in [0, 0.05) is 16.8 Å². The van der Waals surface area contributed by atoms with Gasteiger partial charge in [-0.05, 0) is 61.0 Å². The zero-order chi connectivity index (χ0) is 26.1. The average molecular weight is 530 g/mol. The van der Waals surface area contributed by atoms with Gasteiger partial charge in [-0.1, -0.05) is 29.3 Å². The minimum atomic E-state index is -0.968. The van der Waals surface area contributed by atoms with Crippen LogP contribution in [-0.4, -0.2) is 37.7 Å². The Morgan fingerprint density at radius 3 is 2.50 bits per heavy atom. The molecule has 0 unspecified atom stereocenters. The molecular formula is C25H21Cl2N3O6. The number of nitrogens with one attached hydrogen (secondary N) is 2. The molecule has 9 nitrogen and oxygen atoms in total. The van der Waals surface area contributed by atoms with E-state index in [0.717, 1.165) is 0 Å². The maximum absolute atomic E-state index is 12.5. The lowest BCUT2D eigenvalue weighted by Gasteiger charge is -2.12. The maximum atomic E-state index is 12.5. The van der Waals surface area contributed by atoms with E-state index in [1.54, 1.807) is 43.3 Å². The molecule has 3 aromatic carbocycles. The molecule has 2 amide bonds. The zero-order valence-corrected chi connectivity index (χ0v) is 20.7. The maximum Gasteiger partial charge on any atom is 0.345 e. The molecule has 2 N–H and O–H groups in total. The van der Waals surface area contributed by atoms with E-state index >= 15 is 0 Å². The zero-order valence-electron chi connectivity index (χ0n) is 19.2. The van der Waals surface area contributed by atoms with Crippen molar-refractivity contribution in [2.75, 3.05) is 19.0 Å². The SMILES string of the molecule is CCOc1cc(/C=N\NC(=O)C(=O)Nc2cccc(OC)c2)ccc1OC(=O)c1ccc(Cl)cc1Cl. The van der Waals surface area contributed by atoms with Gasteiger partial charge in [0.15, 0.2) is 11.5 Å². The van der Waals surface area contributed by atoms with Gasteiger partial charge >= 0.3 is 17.8 Å². The van der Waals surface area contributed by atoms with Crippen LogP contribution in [-0.2, 0) is 9.59 Å². The van der Waals surface area contributed by atoms with E-state index < -0.39 is 17.8 Å². The van der Waals surface area contributed by atoms with Gasteiger partial charge in [-0.15, -0.1) is 0 Å². The molecule has 3 aromatic rings. The molecule has 186 valence electrons. The van der Waals surface area contributed by atoms with Crippen LogP contribution in [0.15, 0.2) is 65.8 Å². The number of anilines is 1. The van der Waals surface area contributed by atoms with Crippen LogP contribution in [0.2, 0.25) is 10.0 Å². The summed E-state index contributed by atoms with van der Waals surface area (Å²) in [5.74, 6) is -1.60. The summed E-state index contributed by atoms with van der Waals surface area (Å²) in [6, 6.07) is 15.6. The fraction of sp³-hybridized carbons (Fsp3) is 0.120. The molecular weight excluding hydrogens is 509 g/mol. The van der Waals surface area contributed by atoms with Gasteiger partial charge in [0.1, 0.15) is 5.75 Å². The van der Waals surface area contributed by atoms with Crippen LogP contribution in [0.1, 0.15) is 22.8 Å². The number of benzene rings is 3. The van der Waals surface area contributed by atoms with Crippen molar-refractivity contribution < 1.29 is 28.6 Å². The Labute approximate surface area is 216 Å². The number of methoxy groups -OCH3 is 1. The summed E-state index contributed by atoms with van der Waals surface area (Å²) in [5.41, 5.74) is 3.19. The van der Waals surface area contributed by atoms with Crippen molar-refractivity contribution in [2.45, 2.75) is 6.92 Å². The van der Waals surface area contributed by atoms with Gasteiger partial charge in [-0.2, -0.15) is 5.10 Å². The normalized spacial score (nSPS) is 10.6. The third kappa shape index (κ3) is 7.21. The number of hydrogen-bond donors (Lipinski definition) is 2. The molecule has 0 atom stereocenters. The van der Waals surface area contributed by atoms with Crippen LogP contribution in [0.5, 0.6) is 17.2 Å². The van der Waals surface area contributed by atoms with Crippen LogP contribution in [0.25, 0.3) is 0 Å². The number of ether oxygens (including phenoxy) is 3. The fourth-order valence-electron chi connectivity index (χ4n) is 2.87. The number of hydrazone groups is 1. The predicted molar refractivity (Wildman–Crippen MR) is 136 cm³/mol. The third-order valence-corrected chi connectivity index (χ3v) is 5.08. The van der Waals surface area contributed by atoms with E-state index in [-0.39, 0.29) is 22.1 Å². The Bertz CT molecular complexity index is 1310. The number of esters is 1. The Balaban J connectivity index is 1.65. The molecule has 0 aliphatic heterocycles. The van der Waals surface area contributed by atoms with Crippen molar-refractivity contribution in [1.82, 2.24) is 5.43 Å². The largest absolute Gasteiger partial charge is 0.497 e. The Kier molecular flexibility index (Phi) is 9.26. The van der Waals surface area contributed by atoms with E-state index in [4.69, 9.17) is 37.4 Å². The first-order chi connectivity index (χ1) is 17.3. The second-order valence-corrected chi connectivity index (χ2v) is 7.88. The van der Waals surface area contributed by atoms with Gasteiger partial charge in [0.25, 0.3) is 0 Å². The smallest absolute Gasteiger partial charge is 0.345 e. The van der Waals surface area contributed by atoms with Crippen LogP contribution >= 0.6 is 23.2 Å². The Morgan fingerprint density at radius 2 is 1.78 bits per heavy atom. The summed E-state index contributed by atoms with van der Waals surface area (Å²) in [6.45, 7) is 2.07. The summed E-state index contributed by atoms with van der Waals surface area (Å²) < 4.78 is 16.1. The van der Waals surface area contributed by atoms with Gasteiger partial charge in [0.05, 0.1) is 30.5 Å². The molecule has 36 heavy (non-hydrogen) atoms. The van der Waals surface area contributed by atoms with Crippen molar-refractivity contribution in [1.29, 1.82) is 0 Å².